The Morgan fingerprint density at radius 1 is 1.18 bits per heavy atom. The van der Waals surface area contributed by atoms with E-state index in [0.717, 1.165) is 24.2 Å². The van der Waals surface area contributed by atoms with Crippen molar-refractivity contribution in [2.75, 3.05) is 45.4 Å². The van der Waals surface area contributed by atoms with E-state index in [4.69, 9.17) is 9.47 Å². The molecule has 1 heterocycles. The van der Waals surface area contributed by atoms with Gasteiger partial charge in [0.15, 0.2) is 0 Å². The Kier molecular flexibility index (Phi) is 7.16. The first-order valence-electron chi connectivity index (χ1n) is 5.55. The molecule has 0 N–H and O–H groups in total. The van der Waals surface area contributed by atoms with Crippen LogP contribution in [-0.4, -0.2) is 45.5 Å². The average molecular weight is 303 g/mol. The standard InChI is InChI=1S/C12H19BrN2O2/c1-16-7-5-15(6-8-17-2)12-4-3-11(9-13)10-14-12/h3-4,10H,5-9H2,1-2H3. The molecule has 0 radical (unpaired) electrons. The average Bonchev–Trinajstić information content (AvgIpc) is 2.39. The molecule has 1 aromatic rings. The molecular weight excluding hydrogens is 284 g/mol. The first-order chi connectivity index (χ1) is 8.31. The smallest absolute Gasteiger partial charge is 0.128 e. The highest BCUT2D eigenvalue weighted by atomic mass is 79.9. The second-order valence-corrected chi connectivity index (χ2v) is 4.19. The fourth-order valence-corrected chi connectivity index (χ4v) is 1.76. The fourth-order valence-electron chi connectivity index (χ4n) is 1.43. The van der Waals surface area contributed by atoms with Crippen molar-refractivity contribution in [3.8, 4) is 0 Å². The summed E-state index contributed by atoms with van der Waals surface area (Å²) in [6.45, 7) is 3.01. The molecular formula is C12H19BrN2O2. The van der Waals surface area contributed by atoms with Crippen molar-refractivity contribution in [2.45, 2.75) is 5.33 Å². The van der Waals surface area contributed by atoms with Crippen molar-refractivity contribution < 1.29 is 9.47 Å². The largest absolute Gasteiger partial charge is 0.383 e. The molecule has 0 spiro atoms. The van der Waals surface area contributed by atoms with Crippen molar-refractivity contribution >= 4 is 21.7 Å². The maximum absolute atomic E-state index is 5.10. The predicted octanol–water partition coefficient (Wildman–Crippen LogP) is 2.08. The molecule has 0 aliphatic heterocycles. The van der Waals surface area contributed by atoms with E-state index in [2.05, 4.69) is 31.9 Å². The number of alkyl halides is 1. The van der Waals surface area contributed by atoms with E-state index in [1.54, 1.807) is 14.2 Å². The van der Waals surface area contributed by atoms with Gasteiger partial charge in [-0.15, -0.1) is 0 Å². The van der Waals surface area contributed by atoms with E-state index in [1.165, 1.54) is 5.56 Å². The summed E-state index contributed by atoms with van der Waals surface area (Å²) >= 11 is 3.41. The maximum Gasteiger partial charge on any atom is 0.128 e. The highest BCUT2D eigenvalue weighted by molar-refractivity contribution is 9.08. The van der Waals surface area contributed by atoms with Gasteiger partial charge in [0.2, 0.25) is 0 Å². The van der Waals surface area contributed by atoms with Gasteiger partial charge in [-0.05, 0) is 11.6 Å². The van der Waals surface area contributed by atoms with Crippen LogP contribution in [0, 0.1) is 0 Å². The van der Waals surface area contributed by atoms with Crippen molar-refractivity contribution in [1.29, 1.82) is 0 Å². The van der Waals surface area contributed by atoms with E-state index in [0.29, 0.717) is 13.2 Å². The van der Waals surface area contributed by atoms with Crippen LogP contribution in [0.15, 0.2) is 18.3 Å². The summed E-state index contributed by atoms with van der Waals surface area (Å²) in [5.74, 6) is 0.962. The number of anilines is 1. The summed E-state index contributed by atoms with van der Waals surface area (Å²) in [6, 6.07) is 4.10. The van der Waals surface area contributed by atoms with E-state index < -0.39 is 0 Å². The highest BCUT2D eigenvalue weighted by Gasteiger charge is 2.07. The van der Waals surface area contributed by atoms with E-state index in [9.17, 15) is 0 Å². The molecule has 5 heteroatoms. The Balaban J connectivity index is 2.65. The van der Waals surface area contributed by atoms with Crippen LogP contribution in [0.5, 0.6) is 0 Å². The molecule has 96 valence electrons. The molecule has 1 rings (SSSR count). The Morgan fingerprint density at radius 3 is 2.24 bits per heavy atom. The molecule has 0 aliphatic rings. The first-order valence-corrected chi connectivity index (χ1v) is 6.67. The van der Waals surface area contributed by atoms with E-state index in [-0.39, 0.29) is 0 Å². The van der Waals surface area contributed by atoms with Crippen LogP contribution in [0.4, 0.5) is 5.82 Å². The lowest BCUT2D eigenvalue weighted by Gasteiger charge is -2.23. The number of ether oxygens (including phenoxy) is 2. The van der Waals surface area contributed by atoms with Gasteiger partial charge in [-0.2, -0.15) is 0 Å². The summed E-state index contributed by atoms with van der Waals surface area (Å²) in [5, 5.41) is 0.830. The number of aromatic nitrogens is 1. The lowest BCUT2D eigenvalue weighted by Crippen LogP contribution is -2.31. The Bertz CT molecular complexity index is 298. The van der Waals surface area contributed by atoms with Crippen molar-refractivity contribution in [2.24, 2.45) is 0 Å². The zero-order valence-corrected chi connectivity index (χ0v) is 11.9. The highest BCUT2D eigenvalue weighted by Crippen LogP contribution is 2.12. The third-order valence-corrected chi connectivity index (χ3v) is 3.07. The molecule has 4 nitrogen and oxygen atoms in total. The van der Waals surface area contributed by atoms with Crippen LogP contribution in [0.1, 0.15) is 5.56 Å². The van der Waals surface area contributed by atoms with Crippen LogP contribution < -0.4 is 4.90 Å². The van der Waals surface area contributed by atoms with Gasteiger partial charge in [0.25, 0.3) is 0 Å². The summed E-state index contributed by atoms with van der Waals surface area (Å²) in [4.78, 5) is 6.60. The molecule has 1 aromatic heterocycles. The quantitative estimate of drug-likeness (QED) is 0.689. The lowest BCUT2D eigenvalue weighted by molar-refractivity contribution is 0.190. The van der Waals surface area contributed by atoms with Gasteiger partial charge in [0, 0.05) is 38.8 Å². The van der Waals surface area contributed by atoms with Gasteiger partial charge in [-0.3, -0.25) is 0 Å². The molecule has 0 fully saturated rings. The van der Waals surface area contributed by atoms with Crippen LogP contribution >= 0.6 is 15.9 Å². The lowest BCUT2D eigenvalue weighted by atomic mass is 10.3. The molecule has 0 bridgehead atoms. The van der Waals surface area contributed by atoms with Gasteiger partial charge in [0.1, 0.15) is 5.82 Å². The molecule has 0 unspecified atom stereocenters. The number of methoxy groups -OCH3 is 2. The second kappa shape index (κ2) is 8.44. The summed E-state index contributed by atoms with van der Waals surface area (Å²) in [6.07, 6.45) is 1.89. The molecule has 0 saturated carbocycles. The number of pyridine rings is 1. The number of hydrogen-bond donors (Lipinski definition) is 0. The molecule has 0 atom stereocenters. The van der Waals surface area contributed by atoms with Crippen LogP contribution in [0.2, 0.25) is 0 Å². The zero-order valence-electron chi connectivity index (χ0n) is 10.4. The van der Waals surface area contributed by atoms with Crippen molar-refractivity contribution in [3.63, 3.8) is 0 Å². The minimum Gasteiger partial charge on any atom is -0.383 e. The van der Waals surface area contributed by atoms with Gasteiger partial charge in [0.05, 0.1) is 13.2 Å². The maximum atomic E-state index is 5.10. The molecule has 0 aromatic carbocycles. The minimum atomic E-state index is 0.686. The zero-order chi connectivity index (χ0) is 12.5. The van der Waals surface area contributed by atoms with Gasteiger partial charge in [-0.25, -0.2) is 4.98 Å². The molecule has 17 heavy (non-hydrogen) atoms. The number of halogens is 1. The minimum absolute atomic E-state index is 0.686. The Labute approximate surface area is 111 Å². The second-order valence-electron chi connectivity index (χ2n) is 3.63. The van der Waals surface area contributed by atoms with Crippen LogP contribution in [-0.2, 0) is 14.8 Å². The van der Waals surface area contributed by atoms with Crippen LogP contribution in [0.3, 0.4) is 0 Å². The van der Waals surface area contributed by atoms with Crippen molar-refractivity contribution in [1.82, 2.24) is 4.98 Å². The van der Waals surface area contributed by atoms with Gasteiger partial charge >= 0.3 is 0 Å². The summed E-state index contributed by atoms with van der Waals surface area (Å²) in [5.41, 5.74) is 1.17. The normalized spacial score (nSPS) is 10.5. The third kappa shape index (κ3) is 5.02. The van der Waals surface area contributed by atoms with Gasteiger partial charge < -0.3 is 14.4 Å². The first kappa shape index (κ1) is 14.4. The fraction of sp³-hybridized carbons (Fsp3) is 0.583. The van der Waals surface area contributed by atoms with Gasteiger partial charge in [-0.1, -0.05) is 22.0 Å². The SMILES string of the molecule is COCCN(CCOC)c1ccc(CBr)cn1. The van der Waals surface area contributed by atoms with Crippen LogP contribution in [0.25, 0.3) is 0 Å². The molecule has 0 saturated heterocycles. The summed E-state index contributed by atoms with van der Waals surface area (Å²) in [7, 11) is 3.41. The Morgan fingerprint density at radius 2 is 1.82 bits per heavy atom. The van der Waals surface area contributed by atoms with E-state index >= 15 is 0 Å². The topological polar surface area (TPSA) is 34.6 Å². The van der Waals surface area contributed by atoms with E-state index in [1.807, 2.05) is 12.3 Å². The Hall–Kier alpha value is -0.650. The number of hydrogen-bond acceptors (Lipinski definition) is 4. The predicted molar refractivity (Wildman–Crippen MR) is 72.8 cm³/mol. The third-order valence-electron chi connectivity index (χ3n) is 2.42. The van der Waals surface area contributed by atoms with Crippen molar-refractivity contribution in [3.05, 3.63) is 23.9 Å². The summed E-state index contributed by atoms with van der Waals surface area (Å²) < 4.78 is 10.2. The monoisotopic (exact) mass is 302 g/mol. The molecule has 0 aliphatic carbocycles. The number of nitrogens with zero attached hydrogens (tertiary/aromatic N) is 2. The molecule has 0 amide bonds. The number of rotatable bonds is 8.